The first-order valence-electron chi connectivity index (χ1n) is 7.44. The molecule has 24 heavy (non-hydrogen) atoms. The van der Waals surface area contributed by atoms with Crippen LogP contribution in [0.3, 0.4) is 0 Å². The minimum atomic E-state index is -4.13. The molecule has 0 spiro atoms. The average molecular weight is 354 g/mol. The summed E-state index contributed by atoms with van der Waals surface area (Å²) in [5.41, 5.74) is 1.06. The van der Waals surface area contributed by atoms with Gasteiger partial charge in [-0.2, -0.15) is 0 Å². The minimum Gasteiger partial charge on any atom is -0.305 e. The normalized spacial score (nSPS) is 13.2. The number of benzene rings is 2. The maximum absolute atomic E-state index is 13.7. The van der Waals surface area contributed by atoms with Crippen LogP contribution in [-0.4, -0.2) is 40.0 Å². The molecule has 0 heterocycles. The molecule has 1 N–H and O–H groups in total. The van der Waals surface area contributed by atoms with E-state index >= 15 is 0 Å². The van der Waals surface area contributed by atoms with Crippen LogP contribution in [0.25, 0.3) is 0 Å². The second kappa shape index (κ2) is 7.83. The number of likely N-dealkylation sites (N-methyl/N-ethyl adjacent to an activating group) is 1. The lowest BCUT2D eigenvalue weighted by molar-refractivity contribution is 0.291. The van der Waals surface area contributed by atoms with Crippen LogP contribution in [0.15, 0.2) is 53.4 Å². The summed E-state index contributed by atoms with van der Waals surface area (Å²) in [6, 6.07) is 11.9. The fourth-order valence-corrected chi connectivity index (χ4v) is 3.45. The van der Waals surface area contributed by atoms with Gasteiger partial charge in [0.25, 0.3) is 0 Å². The summed E-state index contributed by atoms with van der Waals surface area (Å²) in [5.74, 6) is -1.78. The van der Waals surface area contributed by atoms with Crippen molar-refractivity contribution in [3.63, 3.8) is 0 Å². The second-order valence-electron chi connectivity index (χ2n) is 5.73. The smallest absolute Gasteiger partial charge is 0.243 e. The zero-order chi connectivity index (χ0) is 17.7. The van der Waals surface area contributed by atoms with Gasteiger partial charge in [0.2, 0.25) is 10.0 Å². The number of nitrogens with one attached hydrogen (secondary N) is 1. The Morgan fingerprint density at radius 1 is 1.08 bits per heavy atom. The molecule has 1 atom stereocenters. The van der Waals surface area contributed by atoms with Gasteiger partial charge in [-0.1, -0.05) is 30.3 Å². The van der Waals surface area contributed by atoms with Crippen LogP contribution in [0.5, 0.6) is 0 Å². The van der Waals surface area contributed by atoms with Crippen molar-refractivity contribution < 1.29 is 17.2 Å². The maximum atomic E-state index is 13.7. The lowest BCUT2D eigenvalue weighted by atomic mass is 10.1. The van der Waals surface area contributed by atoms with E-state index in [0.29, 0.717) is 12.5 Å². The summed E-state index contributed by atoms with van der Waals surface area (Å²) in [5, 5.41) is 0. The van der Waals surface area contributed by atoms with Gasteiger partial charge >= 0.3 is 0 Å². The van der Waals surface area contributed by atoms with E-state index in [2.05, 4.69) is 4.72 Å². The maximum Gasteiger partial charge on any atom is 0.243 e. The van der Waals surface area contributed by atoms with Crippen LogP contribution in [-0.2, 0) is 16.4 Å². The number of hydrogen-bond donors (Lipinski definition) is 1. The van der Waals surface area contributed by atoms with Gasteiger partial charge in [-0.3, -0.25) is 0 Å². The van der Waals surface area contributed by atoms with Crippen molar-refractivity contribution in [2.45, 2.75) is 17.4 Å². The third-order valence-electron chi connectivity index (χ3n) is 3.74. The van der Waals surface area contributed by atoms with E-state index in [0.717, 1.165) is 17.7 Å². The summed E-state index contributed by atoms with van der Waals surface area (Å²) >= 11 is 0. The molecule has 0 aliphatic heterocycles. The first-order valence-corrected chi connectivity index (χ1v) is 8.93. The molecule has 0 saturated carbocycles. The molecular formula is C17H20F2N2O2S. The van der Waals surface area contributed by atoms with E-state index in [9.17, 15) is 17.2 Å². The molecule has 0 saturated heterocycles. The molecule has 7 heteroatoms. The minimum absolute atomic E-state index is 0.0835. The molecule has 0 radical (unpaired) electrons. The van der Waals surface area contributed by atoms with Crippen molar-refractivity contribution >= 4 is 10.0 Å². The number of sulfonamides is 1. The third kappa shape index (κ3) is 4.83. The van der Waals surface area contributed by atoms with Crippen LogP contribution in [0.4, 0.5) is 8.78 Å². The predicted octanol–water partition coefficient (Wildman–Crippen LogP) is 2.42. The molecule has 0 aromatic heterocycles. The van der Waals surface area contributed by atoms with Crippen molar-refractivity contribution in [1.29, 1.82) is 0 Å². The highest BCUT2D eigenvalue weighted by Crippen LogP contribution is 2.16. The molecule has 4 nitrogen and oxygen atoms in total. The summed E-state index contributed by atoms with van der Waals surface area (Å²) < 4.78 is 53.8. The third-order valence-corrected chi connectivity index (χ3v) is 5.17. The number of halogens is 2. The topological polar surface area (TPSA) is 49.4 Å². The number of rotatable bonds is 7. The molecule has 1 unspecified atom stereocenters. The van der Waals surface area contributed by atoms with E-state index in [1.807, 2.05) is 49.3 Å². The molecule has 0 amide bonds. The Bertz CT molecular complexity index is 780. The van der Waals surface area contributed by atoms with Gasteiger partial charge in [0, 0.05) is 12.6 Å². The quantitative estimate of drug-likeness (QED) is 0.831. The molecule has 2 aromatic rings. The lowest BCUT2D eigenvalue weighted by Gasteiger charge is -2.24. The molecule has 0 aliphatic rings. The summed E-state index contributed by atoms with van der Waals surface area (Å²) in [6.45, 7) is 0.0835. The molecule has 2 rings (SSSR count). The number of nitrogens with zero attached hydrogens (tertiary/aromatic N) is 1. The highest BCUT2D eigenvalue weighted by Gasteiger charge is 2.22. The highest BCUT2D eigenvalue weighted by atomic mass is 32.2. The first kappa shape index (κ1) is 18.5. The van der Waals surface area contributed by atoms with E-state index in [4.69, 9.17) is 0 Å². The molecule has 0 fully saturated rings. The Balaban J connectivity index is 2.12. The Kier molecular flexibility index (Phi) is 6.04. The van der Waals surface area contributed by atoms with Crippen molar-refractivity contribution in [3.05, 3.63) is 65.7 Å². The highest BCUT2D eigenvalue weighted by molar-refractivity contribution is 7.89. The van der Waals surface area contributed by atoms with E-state index in [-0.39, 0.29) is 12.6 Å². The van der Waals surface area contributed by atoms with Crippen LogP contribution in [0, 0.1) is 11.6 Å². The van der Waals surface area contributed by atoms with Gasteiger partial charge in [-0.15, -0.1) is 0 Å². The predicted molar refractivity (Wildman–Crippen MR) is 89.2 cm³/mol. The molecule has 0 aliphatic carbocycles. The van der Waals surface area contributed by atoms with Gasteiger partial charge in [0.05, 0.1) is 0 Å². The van der Waals surface area contributed by atoms with Gasteiger partial charge in [0.1, 0.15) is 16.5 Å². The van der Waals surface area contributed by atoms with Crippen molar-refractivity contribution in [2.24, 2.45) is 0 Å². The zero-order valence-corrected chi connectivity index (χ0v) is 14.4. The van der Waals surface area contributed by atoms with E-state index in [1.165, 1.54) is 0 Å². The van der Waals surface area contributed by atoms with Crippen molar-refractivity contribution in [3.8, 4) is 0 Å². The number of hydrogen-bond acceptors (Lipinski definition) is 3. The Hall–Kier alpha value is -1.83. The Labute approximate surface area is 141 Å². The van der Waals surface area contributed by atoms with Crippen LogP contribution in [0.1, 0.15) is 5.56 Å². The van der Waals surface area contributed by atoms with E-state index in [1.54, 1.807) is 0 Å². The first-order chi connectivity index (χ1) is 11.3. The van der Waals surface area contributed by atoms with Gasteiger partial charge < -0.3 is 4.90 Å². The van der Waals surface area contributed by atoms with Gasteiger partial charge in [0.15, 0.2) is 0 Å². The van der Waals surface area contributed by atoms with Crippen LogP contribution >= 0.6 is 0 Å². The van der Waals surface area contributed by atoms with E-state index < -0.39 is 26.6 Å². The molecular weight excluding hydrogens is 334 g/mol. The van der Waals surface area contributed by atoms with Gasteiger partial charge in [-0.25, -0.2) is 21.9 Å². The fraction of sp³-hybridized carbons (Fsp3) is 0.294. The van der Waals surface area contributed by atoms with Crippen LogP contribution in [0.2, 0.25) is 0 Å². The molecule has 130 valence electrons. The van der Waals surface area contributed by atoms with Crippen LogP contribution < -0.4 is 4.72 Å². The summed E-state index contributed by atoms with van der Waals surface area (Å²) in [7, 11) is -0.450. The standard InChI is InChI=1S/C17H20F2N2O2S/c1-21(2)15(10-13-6-4-3-5-7-13)12-20-24(22,23)17-11-14(18)8-9-16(17)19/h3-9,11,15,20H,10,12H2,1-2H3. The van der Waals surface area contributed by atoms with Gasteiger partial charge in [-0.05, 0) is 44.3 Å². The van der Waals surface area contributed by atoms with Crippen molar-refractivity contribution in [2.75, 3.05) is 20.6 Å². The molecule has 0 bridgehead atoms. The largest absolute Gasteiger partial charge is 0.305 e. The monoisotopic (exact) mass is 354 g/mol. The Morgan fingerprint density at radius 3 is 2.38 bits per heavy atom. The summed E-state index contributed by atoms with van der Waals surface area (Å²) in [4.78, 5) is 1.21. The zero-order valence-electron chi connectivity index (χ0n) is 13.5. The molecule has 2 aromatic carbocycles. The summed E-state index contributed by atoms with van der Waals surface area (Å²) in [6.07, 6.45) is 0.627. The second-order valence-corrected chi connectivity index (χ2v) is 7.47. The van der Waals surface area contributed by atoms with Crippen molar-refractivity contribution in [1.82, 2.24) is 9.62 Å². The average Bonchev–Trinajstić information content (AvgIpc) is 2.54. The fourth-order valence-electron chi connectivity index (χ4n) is 2.29. The Morgan fingerprint density at radius 2 is 1.75 bits per heavy atom. The lowest BCUT2D eigenvalue weighted by Crippen LogP contribution is -2.41. The SMILES string of the molecule is CN(C)C(CNS(=O)(=O)c1cc(F)ccc1F)Cc1ccccc1.